The number of hydrogen-bond acceptors (Lipinski definition) is 7. The van der Waals surface area contributed by atoms with Crippen LogP contribution >= 0.6 is 0 Å². The molecule has 9 heteroatoms. The summed E-state index contributed by atoms with van der Waals surface area (Å²) in [5.41, 5.74) is 0.929. The fourth-order valence-electron chi connectivity index (χ4n) is 2.88. The van der Waals surface area contributed by atoms with E-state index < -0.39 is 15.9 Å². The van der Waals surface area contributed by atoms with Gasteiger partial charge in [0.15, 0.2) is 5.75 Å². The van der Waals surface area contributed by atoms with Crippen molar-refractivity contribution in [2.24, 2.45) is 0 Å². The molecule has 2 aromatic rings. The van der Waals surface area contributed by atoms with Crippen molar-refractivity contribution in [1.29, 1.82) is 0 Å². The summed E-state index contributed by atoms with van der Waals surface area (Å²) < 4.78 is 30.1. The molecule has 0 saturated carbocycles. The van der Waals surface area contributed by atoms with Gasteiger partial charge in [0, 0.05) is 18.7 Å². The molecule has 1 N–H and O–H groups in total. The number of aryl methyl sites for hydroxylation is 1. The number of aromatic nitrogens is 2. The number of carbonyl (C=O) groups is 1. The highest BCUT2D eigenvalue weighted by atomic mass is 32.2. The summed E-state index contributed by atoms with van der Waals surface area (Å²) in [5, 5.41) is 0. The maximum absolute atomic E-state index is 11.9. The molecule has 0 bridgehead atoms. The SMILES string of the molecule is Cc1cc(C(=O)NS(C)(=O)=O)ccc1Oc1cnc(N2CCCCC2)nc1. The van der Waals surface area contributed by atoms with E-state index in [0.717, 1.165) is 32.2 Å². The maximum atomic E-state index is 11.9. The lowest BCUT2D eigenvalue weighted by atomic mass is 10.1. The molecule has 1 aliphatic heterocycles. The zero-order chi connectivity index (χ0) is 19.4. The first-order valence-corrected chi connectivity index (χ1v) is 10.6. The number of nitrogens with one attached hydrogen (secondary N) is 1. The third-order valence-corrected chi connectivity index (χ3v) is 4.75. The van der Waals surface area contributed by atoms with Crippen molar-refractivity contribution < 1.29 is 17.9 Å². The number of hydrogen-bond donors (Lipinski definition) is 1. The number of ether oxygens (including phenoxy) is 1. The lowest BCUT2D eigenvalue weighted by Gasteiger charge is -2.26. The number of benzene rings is 1. The van der Waals surface area contributed by atoms with Gasteiger partial charge in [-0.05, 0) is 49.9 Å². The number of sulfonamides is 1. The van der Waals surface area contributed by atoms with Gasteiger partial charge < -0.3 is 9.64 Å². The summed E-state index contributed by atoms with van der Waals surface area (Å²) >= 11 is 0. The fraction of sp³-hybridized carbons (Fsp3) is 0.389. The van der Waals surface area contributed by atoms with Gasteiger partial charge >= 0.3 is 0 Å². The highest BCUT2D eigenvalue weighted by Gasteiger charge is 2.15. The zero-order valence-corrected chi connectivity index (χ0v) is 16.1. The molecule has 2 heterocycles. The Hall–Kier alpha value is -2.68. The lowest BCUT2D eigenvalue weighted by Crippen LogP contribution is -2.30. The quantitative estimate of drug-likeness (QED) is 0.835. The Morgan fingerprint density at radius 1 is 1.15 bits per heavy atom. The second kappa shape index (κ2) is 7.91. The Balaban J connectivity index is 1.69. The molecule has 0 unspecified atom stereocenters. The monoisotopic (exact) mass is 390 g/mol. The Bertz CT molecular complexity index is 923. The van der Waals surface area contributed by atoms with Gasteiger partial charge in [0.05, 0.1) is 18.6 Å². The Labute approximate surface area is 158 Å². The van der Waals surface area contributed by atoms with Crippen LogP contribution in [0.3, 0.4) is 0 Å². The Morgan fingerprint density at radius 2 is 1.81 bits per heavy atom. The highest BCUT2D eigenvalue weighted by Crippen LogP contribution is 2.26. The van der Waals surface area contributed by atoms with Gasteiger partial charge in [0.25, 0.3) is 5.91 Å². The smallest absolute Gasteiger partial charge is 0.264 e. The summed E-state index contributed by atoms with van der Waals surface area (Å²) in [6, 6.07) is 4.69. The molecular formula is C18H22N4O4S. The van der Waals surface area contributed by atoms with Gasteiger partial charge in [-0.1, -0.05) is 0 Å². The molecule has 1 fully saturated rings. The molecule has 1 aliphatic rings. The van der Waals surface area contributed by atoms with Crippen LogP contribution in [0.5, 0.6) is 11.5 Å². The van der Waals surface area contributed by atoms with Crippen LogP contribution in [0.15, 0.2) is 30.6 Å². The minimum absolute atomic E-state index is 0.238. The van der Waals surface area contributed by atoms with E-state index in [4.69, 9.17) is 4.74 Å². The van der Waals surface area contributed by atoms with E-state index in [1.165, 1.54) is 12.5 Å². The molecule has 0 aliphatic carbocycles. The molecule has 1 aromatic carbocycles. The molecule has 0 atom stereocenters. The van der Waals surface area contributed by atoms with Gasteiger partial charge in [0.2, 0.25) is 16.0 Å². The van der Waals surface area contributed by atoms with Crippen LogP contribution in [0.1, 0.15) is 35.2 Å². The first-order chi connectivity index (χ1) is 12.8. The Kier molecular flexibility index (Phi) is 5.59. The predicted molar refractivity (Wildman–Crippen MR) is 102 cm³/mol. The second-order valence-corrected chi connectivity index (χ2v) is 8.30. The van der Waals surface area contributed by atoms with E-state index in [2.05, 4.69) is 14.9 Å². The van der Waals surface area contributed by atoms with E-state index in [0.29, 0.717) is 23.0 Å². The average molecular weight is 390 g/mol. The number of carbonyl (C=O) groups excluding carboxylic acids is 1. The first kappa shape index (κ1) is 19.1. The molecule has 1 saturated heterocycles. The third-order valence-electron chi connectivity index (χ3n) is 4.20. The van der Waals surface area contributed by atoms with E-state index in [1.54, 1.807) is 31.5 Å². The van der Waals surface area contributed by atoms with Crippen molar-refractivity contribution in [3.05, 3.63) is 41.7 Å². The molecule has 8 nitrogen and oxygen atoms in total. The first-order valence-electron chi connectivity index (χ1n) is 8.69. The largest absolute Gasteiger partial charge is 0.454 e. The van der Waals surface area contributed by atoms with Gasteiger partial charge in [0.1, 0.15) is 5.75 Å². The average Bonchev–Trinajstić information content (AvgIpc) is 2.63. The van der Waals surface area contributed by atoms with Gasteiger partial charge in [-0.2, -0.15) is 0 Å². The van der Waals surface area contributed by atoms with E-state index in [1.807, 2.05) is 4.72 Å². The second-order valence-electron chi connectivity index (χ2n) is 6.55. The number of anilines is 1. The minimum atomic E-state index is -3.61. The van der Waals surface area contributed by atoms with E-state index in [9.17, 15) is 13.2 Å². The van der Waals surface area contributed by atoms with Crippen molar-refractivity contribution in [3.63, 3.8) is 0 Å². The molecule has 1 amide bonds. The number of nitrogens with zero attached hydrogens (tertiary/aromatic N) is 3. The molecular weight excluding hydrogens is 368 g/mol. The highest BCUT2D eigenvalue weighted by molar-refractivity contribution is 7.89. The van der Waals surface area contributed by atoms with Gasteiger partial charge in [-0.3, -0.25) is 4.79 Å². The van der Waals surface area contributed by atoms with Crippen LogP contribution in [-0.4, -0.2) is 43.6 Å². The molecule has 0 spiro atoms. The van der Waals surface area contributed by atoms with Crippen LogP contribution in [0.25, 0.3) is 0 Å². The van der Waals surface area contributed by atoms with Crippen molar-refractivity contribution >= 4 is 21.9 Å². The summed E-state index contributed by atoms with van der Waals surface area (Å²) in [4.78, 5) is 22.8. The number of amides is 1. The van der Waals surface area contributed by atoms with Crippen molar-refractivity contribution in [3.8, 4) is 11.5 Å². The van der Waals surface area contributed by atoms with Gasteiger partial charge in [-0.25, -0.2) is 23.1 Å². The molecule has 27 heavy (non-hydrogen) atoms. The predicted octanol–water partition coefficient (Wildman–Crippen LogP) is 2.26. The Morgan fingerprint density at radius 3 is 2.41 bits per heavy atom. The van der Waals surface area contributed by atoms with Crippen LogP contribution in [0, 0.1) is 6.92 Å². The molecule has 1 aromatic heterocycles. The summed E-state index contributed by atoms with van der Waals surface area (Å²) in [6.45, 7) is 3.71. The number of rotatable bonds is 5. The lowest BCUT2D eigenvalue weighted by molar-refractivity contribution is 0.0981. The normalized spacial score (nSPS) is 14.7. The van der Waals surface area contributed by atoms with Crippen LogP contribution in [0.2, 0.25) is 0 Å². The van der Waals surface area contributed by atoms with Crippen molar-refractivity contribution in [2.75, 3.05) is 24.2 Å². The van der Waals surface area contributed by atoms with E-state index in [-0.39, 0.29) is 5.56 Å². The summed E-state index contributed by atoms with van der Waals surface area (Å²) in [6.07, 6.45) is 7.74. The summed E-state index contributed by atoms with van der Waals surface area (Å²) in [7, 11) is -3.61. The standard InChI is InChI=1S/C18H22N4O4S/c1-13-10-14(17(23)21-27(2,24)25)6-7-16(13)26-15-11-19-18(20-12-15)22-8-4-3-5-9-22/h6-7,10-12H,3-5,8-9H2,1-2H3,(H,21,23). The van der Waals surface area contributed by atoms with Crippen LogP contribution < -0.4 is 14.4 Å². The minimum Gasteiger partial charge on any atom is -0.454 e. The molecule has 0 radical (unpaired) electrons. The van der Waals surface area contributed by atoms with Gasteiger partial charge in [-0.15, -0.1) is 0 Å². The topological polar surface area (TPSA) is 101 Å². The third kappa shape index (κ3) is 5.16. The van der Waals surface area contributed by atoms with Crippen molar-refractivity contribution in [2.45, 2.75) is 26.2 Å². The number of piperidine rings is 1. The zero-order valence-electron chi connectivity index (χ0n) is 15.3. The fourth-order valence-corrected chi connectivity index (χ4v) is 3.33. The van der Waals surface area contributed by atoms with Crippen LogP contribution in [0.4, 0.5) is 5.95 Å². The molecule has 144 valence electrons. The molecule has 3 rings (SSSR count). The maximum Gasteiger partial charge on any atom is 0.264 e. The van der Waals surface area contributed by atoms with Crippen LogP contribution in [-0.2, 0) is 10.0 Å². The summed E-state index contributed by atoms with van der Waals surface area (Å²) in [5.74, 6) is 1.06. The van der Waals surface area contributed by atoms with Crippen molar-refractivity contribution in [1.82, 2.24) is 14.7 Å². The van der Waals surface area contributed by atoms with E-state index >= 15 is 0 Å².